The molecule has 6 atom stereocenters. The maximum absolute atomic E-state index is 13.7. The highest BCUT2D eigenvalue weighted by Gasteiger charge is 2.51. The number of phosphoric acid groups is 1. The zero-order chi connectivity index (χ0) is 31.8. The number of rotatable bonds is 29. The summed E-state index contributed by atoms with van der Waals surface area (Å²) in [4.78, 5) is 0. The van der Waals surface area contributed by atoms with Gasteiger partial charge >= 0.3 is 7.82 Å². The van der Waals surface area contributed by atoms with Crippen LogP contribution < -0.4 is 0 Å². The van der Waals surface area contributed by atoms with Crippen LogP contribution in [0.25, 0.3) is 0 Å². The molecule has 0 aromatic heterocycles. The fraction of sp³-hybridized carbons (Fsp3) is 1.00. The van der Waals surface area contributed by atoms with Gasteiger partial charge in [-0.25, -0.2) is 4.57 Å². The van der Waals surface area contributed by atoms with Crippen molar-refractivity contribution in [1.29, 1.82) is 0 Å². The van der Waals surface area contributed by atoms with Gasteiger partial charge in [0, 0.05) is 33.5 Å². The van der Waals surface area contributed by atoms with Crippen molar-refractivity contribution < 1.29 is 46.6 Å². The molecule has 1 saturated heterocycles. The lowest BCUT2D eigenvalue weighted by atomic mass is 9.94. The Balaban J connectivity index is 3.37. The predicted molar refractivity (Wildman–Crippen MR) is 170 cm³/mol. The smallest absolute Gasteiger partial charge is 0.373 e. The maximum atomic E-state index is 13.7. The molecule has 0 amide bonds. The van der Waals surface area contributed by atoms with Gasteiger partial charge in [0.05, 0.1) is 19.8 Å². The lowest BCUT2D eigenvalue weighted by Gasteiger charge is -2.47. The van der Waals surface area contributed by atoms with Crippen LogP contribution in [0.5, 0.6) is 0 Å². The molecule has 0 radical (unpaired) electrons. The van der Waals surface area contributed by atoms with Crippen molar-refractivity contribution in [3.63, 3.8) is 0 Å². The first-order valence-electron chi connectivity index (χ1n) is 17.1. The lowest BCUT2D eigenvalue weighted by Crippen LogP contribution is -2.64. The molecule has 1 aliphatic heterocycles. The van der Waals surface area contributed by atoms with Gasteiger partial charge in [-0.3, -0.25) is 13.6 Å². The minimum atomic E-state index is -3.82. The van der Waals surface area contributed by atoms with E-state index < -0.39 is 44.6 Å². The molecule has 1 fully saturated rings. The summed E-state index contributed by atoms with van der Waals surface area (Å²) in [6, 6.07) is 0. The lowest BCUT2D eigenvalue weighted by molar-refractivity contribution is -0.328. The van der Waals surface area contributed by atoms with Crippen LogP contribution in [0.1, 0.15) is 119 Å². The van der Waals surface area contributed by atoms with E-state index in [4.69, 9.17) is 42.0 Å². The van der Waals surface area contributed by atoms with E-state index in [0.717, 1.165) is 77.0 Å². The number of methoxy groups -OCH3 is 1. The predicted octanol–water partition coefficient (Wildman–Crippen LogP) is 7.86. The highest BCUT2D eigenvalue weighted by molar-refractivity contribution is 7.48. The molecule has 258 valence electrons. The first kappa shape index (κ1) is 40.9. The first-order valence-corrected chi connectivity index (χ1v) is 18.6. The SMILES string of the molecule is CCCCOC1[C@H](OCCCC)C([C@@H](COP(=O)(OCCCC)OCCCC)OCCCC)O[C@H](OC)[C@H]1OCCCC. The van der Waals surface area contributed by atoms with Crippen LogP contribution in [0.3, 0.4) is 0 Å². The van der Waals surface area contributed by atoms with Gasteiger partial charge in [-0.1, -0.05) is 80.1 Å². The molecule has 0 N–H and O–H groups in total. The maximum Gasteiger partial charge on any atom is 0.474 e. The third-order valence-corrected chi connectivity index (χ3v) is 8.74. The van der Waals surface area contributed by atoms with Crippen LogP contribution in [0.15, 0.2) is 0 Å². The standard InChI is InChI=1S/C32H65O10P/c1-8-14-20-35-27(26-41-43(33,39-24-18-12-5)40-25-19-13-6)28-29(36-21-15-9-2)30(37-22-16-10-3)31(32(34-7)42-28)38-23-17-11-4/h27-32H,8-26H2,1-7H3/t27-,28?,29-,30?,31+,32+/m1/s1. The van der Waals surface area contributed by atoms with Crippen molar-refractivity contribution in [3.05, 3.63) is 0 Å². The third kappa shape index (κ3) is 16.3. The Hall–Kier alpha value is -0.130. The molecular weight excluding hydrogens is 575 g/mol. The van der Waals surface area contributed by atoms with E-state index in [1.807, 2.05) is 13.8 Å². The second-order valence-electron chi connectivity index (χ2n) is 11.2. The average Bonchev–Trinajstić information content (AvgIpc) is 3.00. The molecule has 0 aliphatic carbocycles. The van der Waals surface area contributed by atoms with Crippen molar-refractivity contribution in [2.45, 2.75) is 155 Å². The minimum Gasteiger partial charge on any atom is -0.373 e. The van der Waals surface area contributed by atoms with Crippen molar-refractivity contribution in [3.8, 4) is 0 Å². The molecule has 0 bridgehead atoms. The molecule has 11 heteroatoms. The van der Waals surface area contributed by atoms with Gasteiger partial charge in [-0.05, 0) is 38.5 Å². The van der Waals surface area contributed by atoms with E-state index in [1.54, 1.807) is 7.11 Å². The Bertz CT molecular complexity index is 671. The minimum absolute atomic E-state index is 0.0585. The molecule has 1 aliphatic rings. The first-order chi connectivity index (χ1) is 20.9. The van der Waals surface area contributed by atoms with Crippen LogP contribution in [0.4, 0.5) is 0 Å². The van der Waals surface area contributed by atoms with Crippen LogP contribution in [0, 0.1) is 0 Å². The Morgan fingerprint density at radius 3 is 1.51 bits per heavy atom. The Kier molecular flexibility index (Phi) is 24.7. The van der Waals surface area contributed by atoms with Crippen LogP contribution in [0.2, 0.25) is 0 Å². The summed E-state index contributed by atoms with van der Waals surface area (Å²) in [7, 11) is -2.21. The van der Waals surface area contributed by atoms with Gasteiger partial charge in [-0.15, -0.1) is 0 Å². The van der Waals surface area contributed by atoms with E-state index in [1.165, 1.54) is 0 Å². The van der Waals surface area contributed by atoms with Crippen LogP contribution in [-0.2, 0) is 46.6 Å². The molecule has 0 aromatic carbocycles. The summed E-state index contributed by atoms with van der Waals surface area (Å²) in [5, 5.41) is 0. The Labute approximate surface area is 263 Å². The fourth-order valence-corrected chi connectivity index (χ4v) is 5.76. The average molecular weight is 641 g/mol. The third-order valence-electron chi connectivity index (χ3n) is 7.28. The van der Waals surface area contributed by atoms with Gasteiger partial charge in [0.2, 0.25) is 0 Å². The molecule has 0 saturated carbocycles. The van der Waals surface area contributed by atoms with Crippen molar-refractivity contribution in [1.82, 2.24) is 0 Å². The molecule has 10 nitrogen and oxygen atoms in total. The highest BCUT2D eigenvalue weighted by Crippen LogP contribution is 2.50. The fourth-order valence-electron chi connectivity index (χ4n) is 4.51. The normalized spacial score (nSPS) is 23.6. The number of hydrogen-bond acceptors (Lipinski definition) is 10. The van der Waals surface area contributed by atoms with Gasteiger partial charge in [0.15, 0.2) is 6.29 Å². The molecular formula is C32H65O10P. The van der Waals surface area contributed by atoms with Gasteiger partial charge in [-0.2, -0.15) is 0 Å². The quantitative estimate of drug-likeness (QED) is 0.0593. The summed E-state index contributed by atoms with van der Waals surface area (Å²) >= 11 is 0. The summed E-state index contributed by atoms with van der Waals surface area (Å²) in [5.41, 5.74) is 0. The summed E-state index contributed by atoms with van der Waals surface area (Å²) < 4.78 is 69.3. The summed E-state index contributed by atoms with van der Waals surface area (Å²) in [5.74, 6) is 0. The Morgan fingerprint density at radius 1 is 0.581 bits per heavy atom. The molecule has 2 unspecified atom stereocenters. The van der Waals surface area contributed by atoms with E-state index >= 15 is 0 Å². The van der Waals surface area contributed by atoms with Gasteiger partial charge < -0.3 is 28.4 Å². The number of hydrogen-bond donors (Lipinski definition) is 0. The van der Waals surface area contributed by atoms with Crippen molar-refractivity contribution in [2.24, 2.45) is 0 Å². The largest absolute Gasteiger partial charge is 0.474 e. The van der Waals surface area contributed by atoms with E-state index in [2.05, 4.69) is 27.7 Å². The topological polar surface area (TPSA) is 100 Å². The van der Waals surface area contributed by atoms with E-state index in [-0.39, 0.29) is 6.61 Å². The zero-order valence-electron chi connectivity index (χ0n) is 28.4. The second kappa shape index (κ2) is 26.0. The van der Waals surface area contributed by atoms with E-state index in [0.29, 0.717) is 39.6 Å². The van der Waals surface area contributed by atoms with Gasteiger partial charge in [0.1, 0.15) is 30.5 Å². The molecule has 0 spiro atoms. The second-order valence-corrected chi connectivity index (χ2v) is 12.8. The van der Waals surface area contributed by atoms with Crippen LogP contribution >= 0.6 is 7.82 Å². The molecule has 1 rings (SSSR count). The number of unbranched alkanes of at least 4 members (excludes halogenated alkanes) is 6. The number of ether oxygens (including phenoxy) is 6. The highest BCUT2D eigenvalue weighted by atomic mass is 31.2. The monoisotopic (exact) mass is 640 g/mol. The molecule has 0 aromatic rings. The Morgan fingerprint density at radius 2 is 1.02 bits per heavy atom. The number of phosphoric ester groups is 1. The molecule has 43 heavy (non-hydrogen) atoms. The summed E-state index contributed by atoms with van der Waals surface area (Å²) in [6.07, 6.45) is 7.46. The van der Waals surface area contributed by atoms with Crippen LogP contribution in [-0.4, -0.2) is 90.2 Å². The van der Waals surface area contributed by atoms with Crippen molar-refractivity contribution >= 4 is 7.82 Å². The van der Waals surface area contributed by atoms with Gasteiger partial charge in [0.25, 0.3) is 0 Å². The van der Waals surface area contributed by atoms with E-state index in [9.17, 15) is 4.57 Å². The zero-order valence-corrected chi connectivity index (χ0v) is 29.3. The van der Waals surface area contributed by atoms with Crippen molar-refractivity contribution in [2.75, 3.05) is 53.4 Å². The molecule has 1 heterocycles. The summed E-state index contributed by atoms with van der Waals surface area (Å²) in [6.45, 7) is 15.3.